The molecule has 110 valence electrons. The highest BCUT2D eigenvalue weighted by Gasteiger charge is 2.10. The van der Waals surface area contributed by atoms with E-state index in [1.165, 1.54) is 6.92 Å². The third-order valence-corrected chi connectivity index (χ3v) is 3.26. The molecule has 6 heteroatoms. The third-order valence-electron chi connectivity index (χ3n) is 2.67. The molecule has 0 saturated carbocycles. The summed E-state index contributed by atoms with van der Waals surface area (Å²) in [5, 5.41) is 6.62. The van der Waals surface area contributed by atoms with E-state index in [2.05, 4.69) is 10.6 Å². The summed E-state index contributed by atoms with van der Waals surface area (Å²) in [6, 6.07) is 5.26. The summed E-state index contributed by atoms with van der Waals surface area (Å²) in [6.45, 7) is 3.67. The third kappa shape index (κ3) is 6.26. The summed E-state index contributed by atoms with van der Waals surface area (Å²) in [4.78, 5) is 22.3. The number of benzene rings is 1. The lowest BCUT2D eigenvalue weighted by atomic mass is 10.1. The van der Waals surface area contributed by atoms with E-state index in [1.54, 1.807) is 12.1 Å². The Kier molecular flexibility index (Phi) is 6.82. The van der Waals surface area contributed by atoms with E-state index in [0.717, 1.165) is 5.56 Å². The first kappa shape index (κ1) is 16.8. The van der Waals surface area contributed by atoms with E-state index >= 15 is 0 Å². The molecular formula is C14H18Cl2N2O2. The topological polar surface area (TPSA) is 58.2 Å². The van der Waals surface area contributed by atoms with Gasteiger partial charge in [0.05, 0.1) is 0 Å². The number of carbonyl (C=O) groups excluding carboxylic acids is 2. The molecule has 20 heavy (non-hydrogen) atoms. The fourth-order valence-electron chi connectivity index (χ4n) is 1.77. The molecule has 1 unspecified atom stereocenters. The van der Waals surface area contributed by atoms with E-state index in [9.17, 15) is 9.59 Å². The van der Waals surface area contributed by atoms with Crippen LogP contribution in [0.1, 0.15) is 25.8 Å². The highest BCUT2D eigenvalue weighted by molar-refractivity contribution is 6.35. The van der Waals surface area contributed by atoms with Crippen molar-refractivity contribution in [2.45, 2.75) is 32.7 Å². The van der Waals surface area contributed by atoms with Gasteiger partial charge >= 0.3 is 0 Å². The van der Waals surface area contributed by atoms with Crippen molar-refractivity contribution in [3.05, 3.63) is 33.8 Å². The Labute approximate surface area is 128 Å². The van der Waals surface area contributed by atoms with Gasteiger partial charge in [-0.05, 0) is 31.0 Å². The lowest BCUT2D eigenvalue weighted by Crippen LogP contribution is -2.36. The highest BCUT2D eigenvalue weighted by atomic mass is 35.5. The van der Waals surface area contributed by atoms with E-state index in [4.69, 9.17) is 23.2 Å². The average molecular weight is 317 g/mol. The van der Waals surface area contributed by atoms with Crippen LogP contribution < -0.4 is 10.6 Å². The van der Waals surface area contributed by atoms with Crippen molar-refractivity contribution in [1.29, 1.82) is 0 Å². The first-order chi connectivity index (χ1) is 9.38. The maximum absolute atomic E-state index is 11.6. The second kappa shape index (κ2) is 8.12. The van der Waals surface area contributed by atoms with Crippen molar-refractivity contribution in [2.75, 3.05) is 6.54 Å². The molecule has 4 nitrogen and oxygen atoms in total. The van der Waals surface area contributed by atoms with E-state index in [0.29, 0.717) is 23.0 Å². The Morgan fingerprint density at radius 2 is 2.00 bits per heavy atom. The van der Waals surface area contributed by atoms with Crippen molar-refractivity contribution in [3.8, 4) is 0 Å². The first-order valence-corrected chi connectivity index (χ1v) is 7.12. The Bertz CT molecular complexity index is 492. The fourth-order valence-corrected chi connectivity index (χ4v) is 2.25. The van der Waals surface area contributed by atoms with Crippen LogP contribution in [0.3, 0.4) is 0 Å². The second-order valence-corrected chi connectivity index (χ2v) is 5.49. The van der Waals surface area contributed by atoms with Gasteiger partial charge in [-0.15, -0.1) is 0 Å². The molecule has 0 spiro atoms. The Morgan fingerprint density at radius 3 is 2.60 bits per heavy atom. The zero-order chi connectivity index (χ0) is 15.1. The van der Waals surface area contributed by atoms with Crippen LogP contribution in [0.15, 0.2) is 18.2 Å². The Balaban J connectivity index is 2.41. The number of carbonyl (C=O) groups is 2. The highest BCUT2D eigenvalue weighted by Crippen LogP contribution is 2.22. The number of hydrogen-bond donors (Lipinski definition) is 2. The predicted molar refractivity (Wildman–Crippen MR) is 81.1 cm³/mol. The van der Waals surface area contributed by atoms with Crippen LogP contribution >= 0.6 is 23.2 Å². The summed E-state index contributed by atoms with van der Waals surface area (Å²) in [6.07, 6.45) is 0.889. The number of nitrogens with one attached hydrogen (secondary N) is 2. The maximum atomic E-state index is 11.6. The van der Waals surface area contributed by atoms with Crippen LogP contribution in [0.4, 0.5) is 0 Å². The van der Waals surface area contributed by atoms with Gasteiger partial charge < -0.3 is 10.6 Å². The number of hydrogen-bond acceptors (Lipinski definition) is 2. The van der Waals surface area contributed by atoms with E-state index < -0.39 is 0 Å². The fraction of sp³-hybridized carbons (Fsp3) is 0.429. The molecule has 1 aromatic carbocycles. The monoisotopic (exact) mass is 316 g/mol. The largest absolute Gasteiger partial charge is 0.356 e. The molecule has 0 bridgehead atoms. The molecular weight excluding hydrogens is 299 g/mol. The molecule has 0 aromatic heterocycles. The van der Waals surface area contributed by atoms with Crippen LogP contribution in [-0.4, -0.2) is 24.4 Å². The van der Waals surface area contributed by atoms with Gasteiger partial charge in [-0.1, -0.05) is 29.3 Å². The number of rotatable bonds is 6. The molecule has 0 radical (unpaired) electrons. The summed E-state index contributed by atoms with van der Waals surface area (Å²) >= 11 is 11.9. The van der Waals surface area contributed by atoms with E-state index in [1.807, 2.05) is 13.0 Å². The van der Waals surface area contributed by atoms with Gasteiger partial charge in [0, 0.05) is 36.0 Å². The minimum Gasteiger partial charge on any atom is -0.356 e. The molecule has 0 heterocycles. The van der Waals surface area contributed by atoms with Crippen molar-refractivity contribution in [1.82, 2.24) is 10.6 Å². The van der Waals surface area contributed by atoms with Crippen molar-refractivity contribution in [2.24, 2.45) is 0 Å². The van der Waals surface area contributed by atoms with Gasteiger partial charge in [0.25, 0.3) is 0 Å². The molecule has 0 aliphatic heterocycles. The van der Waals surface area contributed by atoms with Crippen LogP contribution in [0.5, 0.6) is 0 Å². The van der Waals surface area contributed by atoms with Crippen molar-refractivity contribution >= 4 is 35.0 Å². The standard InChI is InChI=1S/C14H18Cl2N2O2/c1-9(18-14(20)5-6-17-10(2)19)7-11-3-4-12(15)8-13(11)16/h3-4,8-9H,5-7H2,1-2H3,(H,17,19)(H,18,20). The summed E-state index contributed by atoms with van der Waals surface area (Å²) in [5.41, 5.74) is 0.936. The summed E-state index contributed by atoms with van der Waals surface area (Å²) in [5.74, 6) is -0.241. The molecule has 2 N–H and O–H groups in total. The van der Waals surface area contributed by atoms with Crippen LogP contribution in [0, 0.1) is 0 Å². The average Bonchev–Trinajstić information content (AvgIpc) is 2.32. The van der Waals surface area contributed by atoms with Gasteiger partial charge in [0.2, 0.25) is 11.8 Å². The summed E-state index contributed by atoms with van der Waals surface area (Å²) < 4.78 is 0. The molecule has 1 atom stereocenters. The van der Waals surface area contributed by atoms with Crippen LogP contribution in [-0.2, 0) is 16.0 Å². The molecule has 1 rings (SSSR count). The number of halogens is 2. The smallest absolute Gasteiger partial charge is 0.221 e. The lowest BCUT2D eigenvalue weighted by molar-refractivity contribution is -0.122. The molecule has 0 saturated heterocycles. The minimum absolute atomic E-state index is 0.0431. The lowest BCUT2D eigenvalue weighted by Gasteiger charge is -2.15. The van der Waals surface area contributed by atoms with Crippen LogP contribution in [0.2, 0.25) is 10.0 Å². The summed E-state index contributed by atoms with van der Waals surface area (Å²) in [7, 11) is 0. The van der Waals surface area contributed by atoms with E-state index in [-0.39, 0.29) is 24.3 Å². The molecule has 0 aliphatic carbocycles. The van der Waals surface area contributed by atoms with Gasteiger partial charge in [-0.25, -0.2) is 0 Å². The van der Waals surface area contributed by atoms with Gasteiger partial charge in [-0.3, -0.25) is 9.59 Å². The zero-order valence-corrected chi connectivity index (χ0v) is 13.0. The molecule has 0 aliphatic rings. The quantitative estimate of drug-likeness (QED) is 0.847. The second-order valence-electron chi connectivity index (χ2n) is 4.64. The first-order valence-electron chi connectivity index (χ1n) is 6.36. The van der Waals surface area contributed by atoms with Crippen LogP contribution in [0.25, 0.3) is 0 Å². The van der Waals surface area contributed by atoms with Gasteiger partial charge in [0.15, 0.2) is 0 Å². The van der Waals surface area contributed by atoms with Gasteiger partial charge in [-0.2, -0.15) is 0 Å². The number of amides is 2. The van der Waals surface area contributed by atoms with Crippen molar-refractivity contribution < 1.29 is 9.59 Å². The van der Waals surface area contributed by atoms with Gasteiger partial charge in [0.1, 0.15) is 0 Å². The predicted octanol–water partition coefficient (Wildman–Crippen LogP) is 2.57. The Hall–Kier alpha value is -1.26. The van der Waals surface area contributed by atoms with Crippen molar-refractivity contribution in [3.63, 3.8) is 0 Å². The molecule has 2 amide bonds. The molecule has 0 fully saturated rings. The molecule has 1 aromatic rings. The minimum atomic E-state index is -0.140. The normalized spacial score (nSPS) is 11.8. The zero-order valence-electron chi connectivity index (χ0n) is 11.5. The maximum Gasteiger partial charge on any atom is 0.221 e. The Morgan fingerprint density at radius 1 is 1.30 bits per heavy atom. The SMILES string of the molecule is CC(=O)NCCC(=O)NC(C)Cc1ccc(Cl)cc1Cl.